The Hall–Kier alpha value is -3.03. The molecule has 1 aliphatic rings. The topological polar surface area (TPSA) is 76.1 Å². The maximum Gasteiger partial charge on any atom is 0.167 e. The molecule has 0 saturated carbocycles. The van der Waals surface area contributed by atoms with Crippen molar-refractivity contribution in [3.05, 3.63) is 41.9 Å². The molecule has 0 atom stereocenters. The predicted octanol–water partition coefficient (Wildman–Crippen LogP) is 3.27. The summed E-state index contributed by atoms with van der Waals surface area (Å²) in [6.45, 7) is 5.70. The van der Waals surface area contributed by atoms with Crippen molar-refractivity contribution in [2.24, 2.45) is 0 Å². The highest BCUT2D eigenvalue weighted by Crippen LogP contribution is 2.29. The first-order valence-corrected chi connectivity index (χ1v) is 9.35. The number of aromatic nitrogens is 4. The average molecular weight is 382 g/mol. The van der Waals surface area contributed by atoms with Crippen molar-refractivity contribution in [3.8, 4) is 5.75 Å². The molecular formula is C20H23FN6O. The fraction of sp³-hybridized carbons (Fsp3) is 0.400. The summed E-state index contributed by atoms with van der Waals surface area (Å²) in [5.41, 5.74) is 1.54. The van der Waals surface area contributed by atoms with Crippen molar-refractivity contribution < 1.29 is 9.13 Å². The maximum atomic E-state index is 13.9. The number of piperidine rings is 1. The number of nitrogens with zero attached hydrogens (tertiary/aromatic N) is 5. The number of aryl methyl sites for hydroxylation is 2. The highest BCUT2D eigenvalue weighted by molar-refractivity contribution is 5.90. The van der Waals surface area contributed by atoms with Crippen LogP contribution in [0.25, 0.3) is 10.9 Å². The monoisotopic (exact) mass is 382 g/mol. The SMILES string of the molecule is COc1cc2c(NC3CCN(c4cc(C)nc(C)n4)CC3)ncnc2cc1F. The second kappa shape index (κ2) is 7.53. The minimum Gasteiger partial charge on any atom is -0.494 e. The average Bonchev–Trinajstić information content (AvgIpc) is 2.67. The standard InChI is InChI=1S/C20H23FN6O/c1-12-8-19(25-13(2)24-12)27-6-4-14(5-7-27)26-20-15-9-18(28-3)16(21)10-17(15)22-11-23-20/h8-11,14H,4-7H2,1-3H3,(H,22,23,26). The van der Waals surface area contributed by atoms with Crippen LogP contribution in [0.1, 0.15) is 24.4 Å². The number of anilines is 2. The predicted molar refractivity (Wildman–Crippen MR) is 106 cm³/mol. The van der Waals surface area contributed by atoms with Gasteiger partial charge in [0.1, 0.15) is 23.8 Å². The Kier molecular flexibility index (Phi) is 4.93. The van der Waals surface area contributed by atoms with Crippen molar-refractivity contribution in [1.29, 1.82) is 0 Å². The van der Waals surface area contributed by atoms with Gasteiger partial charge in [0.2, 0.25) is 0 Å². The fourth-order valence-corrected chi connectivity index (χ4v) is 3.63. The number of ether oxygens (including phenoxy) is 1. The summed E-state index contributed by atoms with van der Waals surface area (Å²) < 4.78 is 19.1. The first-order chi connectivity index (χ1) is 13.5. The van der Waals surface area contributed by atoms with Crippen molar-refractivity contribution in [2.75, 3.05) is 30.4 Å². The second-order valence-corrected chi connectivity index (χ2v) is 7.05. The fourth-order valence-electron chi connectivity index (χ4n) is 3.63. The molecule has 4 rings (SSSR count). The van der Waals surface area contributed by atoms with Gasteiger partial charge in [0.05, 0.1) is 12.6 Å². The Labute approximate surface area is 163 Å². The minimum atomic E-state index is -0.427. The van der Waals surface area contributed by atoms with E-state index >= 15 is 0 Å². The van der Waals surface area contributed by atoms with E-state index in [0.29, 0.717) is 11.3 Å². The van der Waals surface area contributed by atoms with Crippen molar-refractivity contribution in [2.45, 2.75) is 32.7 Å². The van der Waals surface area contributed by atoms with E-state index in [0.717, 1.165) is 48.7 Å². The Bertz CT molecular complexity index is 983. The van der Waals surface area contributed by atoms with Gasteiger partial charge < -0.3 is 15.0 Å². The van der Waals surface area contributed by atoms with E-state index in [4.69, 9.17) is 4.74 Å². The molecule has 0 aliphatic carbocycles. The third kappa shape index (κ3) is 3.67. The lowest BCUT2D eigenvalue weighted by Gasteiger charge is -2.33. The molecular weight excluding hydrogens is 359 g/mol. The summed E-state index contributed by atoms with van der Waals surface area (Å²) in [6, 6.07) is 5.33. The van der Waals surface area contributed by atoms with E-state index in [9.17, 15) is 4.39 Å². The number of methoxy groups -OCH3 is 1. The molecule has 0 bridgehead atoms. The molecule has 7 nitrogen and oxygen atoms in total. The van der Waals surface area contributed by atoms with Crippen LogP contribution in [-0.4, -0.2) is 46.2 Å². The van der Waals surface area contributed by atoms with E-state index in [-0.39, 0.29) is 11.8 Å². The molecule has 1 N–H and O–H groups in total. The zero-order chi connectivity index (χ0) is 19.7. The van der Waals surface area contributed by atoms with Crippen LogP contribution in [0.5, 0.6) is 5.75 Å². The van der Waals surface area contributed by atoms with Gasteiger partial charge in [-0.15, -0.1) is 0 Å². The van der Waals surface area contributed by atoms with Crippen LogP contribution in [-0.2, 0) is 0 Å². The Morgan fingerprint density at radius 3 is 2.61 bits per heavy atom. The van der Waals surface area contributed by atoms with Crippen molar-refractivity contribution >= 4 is 22.5 Å². The molecule has 1 aromatic carbocycles. The highest BCUT2D eigenvalue weighted by Gasteiger charge is 2.22. The van der Waals surface area contributed by atoms with Gasteiger partial charge in [0.15, 0.2) is 11.6 Å². The smallest absolute Gasteiger partial charge is 0.167 e. The van der Waals surface area contributed by atoms with Gasteiger partial charge in [-0.05, 0) is 32.8 Å². The van der Waals surface area contributed by atoms with E-state index in [1.165, 1.54) is 19.5 Å². The molecule has 8 heteroatoms. The maximum absolute atomic E-state index is 13.9. The second-order valence-electron chi connectivity index (χ2n) is 7.05. The molecule has 1 aliphatic heterocycles. The van der Waals surface area contributed by atoms with Gasteiger partial charge in [-0.3, -0.25) is 0 Å². The molecule has 0 spiro atoms. The Morgan fingerprint density at radius 2 is 1.89 bits per heavy atom. The first-order valence-electron chi connectivity index (χ1n) is 9.35. The third-order valence-electron chi connectivity index (χ3n) is 5.02. The zero-order valence-corrected chi connectivity index (χ0v) is 16.2. The normalized spacial score (nSPS) is 15.1. The molecule has 0 unspecified atom stereocenters. The number of halogens is 1. The number of benzene rings is 1. The molecule has 0 radical (unpaired) electrons. The number of hydrogen-bond acceptors (Lipinski definition) is 7. The molecule has 28 heavy (non-hydrogen) atoms. The van der Waals surface area contributed by atoms with E-state index in [2.05, 4.69) is 30.2 Å². The molecule has 3 aromatic rings. The lowest BCUT2D eigenvalue weighted by molar-refractivity contribution is 0.387. The van der Waals surface area contributed by atoms with Crippen LogP contribution in [0, 0.1) is 19.7 Å². The number of fused-ring (bicyclic) bond motifs is 1. The summed E-state index contributed by atoms with van der Waals surface area (Å²) in [6.07, 6.45) is 3.36. The van der Waals surface area contributed by atoms with Gasteiger partial charge in [0.25, 0.3) is 0 Å². The van der Waals surface area contributed by atoms with Gasteiger partial charge in [0, 0.05) is 42.3 Å². The number of rotatable bonds is 4. The minimum absolute atomic E-state index is 0.190. The van der Waals surface area contributed by atoms with E-state index in [1.54, 1.807) is 6.07 Å². The van der Waals surface area contributed by atoms with Gasteiger partial charge >= 0.3 is 0 Å². The van der Waals surface area contributed by atoms with Gasteiger partial charge in [-0.2, -0.15) is 0 Å². The molecule has 3 heterocycles. The van der Waals surface area contributed by atoms with Crippen LogP contribution in [0.15, 0.2) is 24.5 Å². The van der Waals surface area contributed by atoms with Crippen LogP contribution >= 0.6 is 0 Å². The summed E-state index contributed by atoms with van der Waals surface area (Å²) in [4.78, 5) is 19.7. The van der Waals surface area contributed by atoms with Gasteiger partial charge in [-0.25, -0.2) is 24.3 Å². The molecule has 2 aromatic heterocycles. The summed E-state index contributed by atoms with van der Waals surface area (Å²) >= 11 is 0. The third-order valence-corrected chi connectivity index (χ3v) is 5.02. The Morgan fingerprint density at radius 1 is 1.11 bits per heavy atom. The van der Waals surface area contributed by atoms with Crippen LogP contribution < -0.4 is 15.0 Å². The van der Waals surface area contributed by atoms with Crippen molar-refractivity contribution in [3.63, 3.8) is 0 Å². The lowest BCUT2D eigenvalue weighted by atomic mass is 10.0. The molecule has 1 fully saturated rings. The zero-order valence-electron chi connectivity index (χ0n) is 16.2. The van der Waals surface area contributed by atoms with Gasteiger partial charge in [-0.1, -0.05) is 0 Å². The molecule has 146 valence electrons. The van der Waals surface area contributed by atoms with Crippen LogP contribution in [0.4, 0.5) is 16.0 Å². The first kappa shape index (κ1) is 18.3. The van der Waals surface area contributed by atoms with E-state index in [1.807, 2.05) is 19.9 Å². The van der Waals surface area contributed by atoms with E-state index < -0.39 is 5.82 Å². The van der Waals surface area contributed by atoms with Crippen LogP contribution in [0.3, 0.4) is 0 Å². The lowest BCUT2D eigenvalue weighted by Crippen LogP contribution is -2.39. The summed E-state index contributed by atoms with van der Waals surface area (Å²) in [5.74, 6) is 2.24. The largest absolute Gasteiger partial charge is 0.494 e. The molecule has 1 saturated heterocycles. The Balaban J connectivity index is 1.49. The van der Waals surface area contributed by atoms with Crippen molar-refractivity contribution in [1.82, 2.24) is 19.9 Å². The molecule has 0 amide bonds. The number of nitrogens with one attached hydrogen (secondary N) is 1. The summed E-state index contributed by atoms with van der Waals surface area (Å²) in [7, 11) is 1.45. The quantitative estimate of drug-likeness (QED) is 0.742. The number of hydrogen-bond donors (Lipinski definition) is 1. The summed E-state index contributed by atoms with van der Waals surface area (Å²) in [5, 5.41) is 4.26. The van der Waals surface area contributed by atoms with Crippen LogP contribution in [0.2, 0.25) is 0 Å². The highest BCUT2D eigenvalue weighted by atomic mass is 19.1.